The van der Waals surface area contributed by atoms with Crippen LogP contribution in [0.3, 0.4) is 0 Å². The molecular weight excluding hydrogens is 348 g/mol. The van der Waals surface area contributed by atoms with E-state index in [9.17, 15) is 0 Å². The Morgan fingerprint density at radius 3 is 1.00 bits per heavy atom. The third-order valence-electron chi connectivity index (χ3n) is 2.26. The molecule has 1 aromatic carbocycles. The van der Waals surface area contributed by atoms with E-state index in [1.807, 2.05) is 11.8 Å². The second kappa shape index (κ2) is 10.0. The maximum atomic E-state index is 5.63. The molecule has 96 valence electrons. The smallest absolute Gasteiger partial charge is 0.777 e. The van der Waals surface area contributed by atoms with E-state index in [0.29, 0.717) is 0 Å². The van der Waals surface area contributed by atoms with Crippen molar-refractivity contribution in [2.45, 2.75) is 29.4 Å². The quantitative estimate of drug-likeness (QED) is 0.444. The molecule has 0 aliphatic carbocycles. The molecule has 0 saturated carbocycles. The van der Waals surface area contributed by atoms with Crippen molar-refractivity contribution >= 4 is 71.4 Å². The first-order chi connectivity index (χ1) is 8.15. The standard InChI is InChI=1S/C11H16S6.Na/c1-13-7-6(12)8(14-2)10(16-4)11(17-5)9(7)15-3;/h12H,1-5H3;/q;+1/p-1. The Kier molecular flexibility index (Phi) is 11.2. The Labute approximate surface area is 159 Å². The predicted octanol–water partition coefficient (Wildman–Crippen LogP) is 2.21. The summed E-state index contributed by atoms with van der Waals surface area (Å²) in [5.74, 6) is 0. The van der Waals surface area contributed by atoms with Gasteiger partial charge in [-0.25, -0.2) is 0 Å². The summed E-state index contributed by atoms with van der Waals surface area (Å²) >= 11 is 14.6. The van der Waals surface area contributed by atoms with E-state index in [2.05, 4.69) is 31.3 Å². The van der Waals surface area contributed by atoms with Crippen LogP contribution in [0.15, 0.2) is 29.4 Å². The Morgan fingerprint density at radius 1 is 0.556 bits per heavy atom. The van der Waals surface area contributed by atoms with Gasteiger partial charge in [-0.3, -0.25) is 0 Å². The van der Waals surface area contributed by atoms with Crippen molar-refractivity contribution in [3.8, 4) is 0 Å². The number of hydrogen-bond donors (Lipinski definition) is 0. The van der Waals surface area contributed by atoms with Crippen LogP contribution in [0.25, 0.3) is 0 Å². The van der Waals surface area contributed by atoms with Gasteiger partial charge in [0.25, 0.3) is 0 Å². The molecule has 0 aliphatic heterocycles. The van der Waals surface area contributed by atoms with Crippen LogP contribution in [-0.2, 0) is 12.6 Å². The van der Waals surface area contributed by atoms with E-state index in [-0.39, 0.29) is 29.6 Å². The molecular formula is C11H15NaS6. The molecule has 0 N–H and O–H groups in total. The van der Waals surface area contributed by atoms with Crippen LogP contribution in [0.5, 0.6) is 0 Å². The van der Waals surface area contributed by atoms with Gasteiger partial charge >= 0.3 is 29.6 Å². The minimum absolute atomic E-state index is 0. The van der Waals surface area contributed by atoms with Gasteiger partial charge in [0.2, 0.25) is 0 Å². The van der Waals surface area contributed by atoms with E-state index in [1.165, 1.54) is 24.5 Å². The molecule has 18 heavy (non-hydrogen) atoms. The molecule has 0 nitrogen and oxygen atoms in total. The van der Waals surface area contributed by atoms with Gasteiger partial charge in [0.1, 0.15) is 0 Å². The van der Waals surface area contributed by atoms with Gasteiger partial charge in [0, 0.05) is 24.5 Å². The average molecular weight is 363 g/mol. The Balaban J connectivity index is 0.00000289. The summed E-state index contributed by atoms with van der Waals surface area (Å²) in [6.07, 6.45) is 10.6. The fourth-order valence-corrected chi connectivity index (χ4v) is 7.51. The van der Waals surface area contributed by atoms with Crippen LogP contribution in [0.2, 0.25) is 0 Å². The summed E-state index contributed by atoms with van der Waals surface area (Å²) < 4.78 is 0. The van der Waals surface area contributed by atoms with Gasteiger partial charge in [0.15, 0.2) is 0 Å². The van der Waals surface area contributed by atoms with Crippen molar-refractivity contribution in [2.75, 3.05) is 31.3 Å². The molecule has 0 heterocycles. The molecule has 1 aromatic rings. The van der Waals surface area contributed by atoms with E-state index in [4.69, 9.17) is 12.6 Å². The third-order valence-corrected chi connectivity index (χ3v) is 7.52. The molecule has 0 bridgehead atoms. The molecule has 0 spiro atoms. The van der Waals surface area contributed by atoms with E-state index in [1.54, 1.807) is 47.0 Å². The molecule has 0 fully saturated rings. The van der Waals surface area contributed by atoms with Gasteiger partial charge in [-0.05, 0) is 31.3 Å². The number of rotatable bonds is 5. The average Bonchev–Trinajstić information content (AvgIpc) is 2.36. The Hall–Kier alpha value is 2.19. The number of thioether (sulfide) groups is 5. The molecule has 0 aromatic heterocycles. The summed E-state index contributed by atoms with van der Waals surface area (Å²) in [6, 6.07) is 0. The topological polar surface area (TPSA) is 0 Å². The minimum Gasteiger partial charge on any atom is -0.777 e. The van der Waals surface area contributed by atoms with E-state index >= 15 is 0 Å². The Morgan fingerprint density at radius 2 is 0.778 bits per heavy atom. The van der Waals surface area contributed by atoms with Gasteiger partial charge in [-0.1, -0.05) is 0 Å². The molecule has 0 atom stereocenters. The summed E-state index contributed by atoms with van der Waals surface area (Å²) in [5, 5.41) is 0. The normalized spacial score (nSPS) is 10.3. The van der Waals surface area contributed by atoms with Gasteiger partial charge in [0.05, 0.1) is 0 Å². The van der Waals surface area contributed by atoms with Crippen LogP contribution in [-0.4, -0.2) is 31.3 Å². The van der Waals surface area contributed by atoms with Gasteiger partial charge in [-0.2, -0.15) is 0 Å². The van der Waals surface area contributed by atoms with Crippen LogP contribution >= 0.6 is 58.8 Å². The first kappa shape index (κ1) is 20.2. The zero-order valence-corrected chi connectivity index (χ0v) is 18.3. The van der Waals surface area contributed by atoms with E-state index in [0.717, 1.165) is 4.90 Å². The summed E-state index contributed by atoms with van der Waals surface area (Å²) in [7, 11) is 0. The zero-order chi connectivity index (χ0) is 13.0. The summed E-state index contributed by atoms with van der Waals surface area (Å²) in [5.41, 5.74) is 0. The maximum absolute atomic E-state index is 5.63. The maximum Gasteiger partial charge on any atom is 1.00 e. The number of benzene rings is 1. The third kappa shape index (κ3) is 4.10. The van der Waals surface area contributed by atoms with Crippen LogP contribution in [0.4, 0.5) is 0 Å². The van der Waals surface area contributed by atoms with Crippen molar-refractivity contribution in [1.82, 2.24) is 0 Å². The largest absolute Gasteiger partial charge is 1.00 e. The SMILES string of the molecule is CSc1c([S-])c(SC)c(SC)c(SC)c1SC.[Na+]. The van der Waals surface area contributed by atoms with Crippen molar-refractivity contribution in [3.63, 3.8) is 0 Å². The zero-order valence-electron chi connectivity index (χ0n) is 11.4. The summed E-state index contributed by atoms with van der Waals surface area (Å²) in [4.78, 5) is 7.62. The van der Waals surface area contributed by atoms with Crippen molar-refractivity contribution < 1.29 is 29.6 Å². The minimum atomic E-state index is 0. The fraction of sp³-hybridized carbons (Fsp3) is 0.455. The van der Waals surface area contributed by atoms with Crippen molar-refractivity contribution in [1.29, 1.82) is 0 Å². The van der Waals surface area contributed by atoms with Gasteiger partial charge in [-0.15, -0.1) is 63.7 Å². The molecule has 0 aliphatic rings. The fourth-order valence-electron chi connectivity index (χ4n) is 1.55. The molecule has 1 rings (SSSR count). The molecule has 7 heteroatoms. The molecule has 0 saturated heterocycles. The van der Waals surface area contributed by atoms with Crippen LogP contribution in [0.1, 0.15) is 0 Å². The summed E-state index contributed by atoms with van der Waals surface area (Å²) in [6.45, 7) is 0. The molecule has 0 radical (unpaired) electrons. The molecule has 0 amide bonds. The first-order valence-electron chi connectivity index (χ1n) is 4.77. The van der Waals surface area contributed by atoms with Crippen LogP contribution < -0.4 is 29.6 Å². The number of hydrogen-bond acceptors (Lipinski definition) is 6. The van der Waals surface area contributed by atoms with Gasteiger partial charge < -0.3 is 12.6 Å². The molecule has 0 unspecified atom stereocenters. The monoisotopic (exact) mass is 362 g/mol. The van der Waals surface area contributed by atoms with Crippen molar-refractivity contribution in [2.24, 2.45) is 0 Å². The van der Waals surface area contributed by atoms with Crippen LogP contribution in [0, 0.1) is 0 Å². The second-order valence-electron chi connectivity index (χ2n) is 3.00. The van der Waals surface area contributed by atoms with E-state index < -0.39 is 0 Å². The second-order valence-corrected chi connectivity index (χ2v) is 7.49. The predicted molar refractivity (Wildman–Crippen MR) is 91.0 cm³/mol. The first-order valence-corrected chi connectivity index (χ1v) is 11.3. The Bertz CT molecular complexity index is 374. The van der Waals surface area contributed by atoms with Crippen molar-refractivity contribution in [3.05, 3.63) is 0 Å².